The molecule has 0 heterocycles. The lowest BCUT2D eigenvalue weighted by molar-refractivity contribution is -0.139. The Morgan fingerprint density at radius 1 is 0.826 bits per heavy atom. The van der Waals surface area contributed by atoms with Gasteiger partial charge in [0.2, 0.25) is 11.8 Å². The van der Waals surface area contributed by atoms with Gasteiger partial charge in [0.25, 0.3) is 10.0 Å². The third-order valence-electron chi connectivity index (χ3n) is 7.24. The maximum atomic E-state index is 14.5. The van der Waals surface area contributed by atoms with Gasteiger partial charge < -0.3 is 19.7 Å². The number of hydrogen-bond acceptors (Lipinski definition) is 6. The summed E-state index contributed by atoms with van der Waals surface area (Å²) in [7, 11) is -0.113. The van der Waals surface area contributed by atoms with Gasteiger partial charge in [0.05, 0.1) is 24.8 Å². The van der Waals surface area contributed by atoms with E-state index in [2.05, 4.69) is 5.32 Å². The van der Waals surface area contributed by atoms with Crippen LogP contribution in [0.3, 0.4) is 0 Å². The van der Waals surface area contributed by atoms with Crippen molar-refractivity contribution in [3.8, 4) is 11.5 Å². The second-order valence-electron chi connectivity index (χ2n) is 10.0. The Morgan fingerprint density at radius 3 is 2.04 bits per heavy atom. The van der Waals surface area contributed by atoms with Crippen molar-refractivity contribution in [2.75, 3.05) is 32.1 Å². The summed E-state index contributed by atoms with van der Waals surface area (Å²) in [6.45, 7) is -0.851. The van der Waals surface area contributed by atoms with Crippen LogP contribution in [-0.4, -0.2) is 59.0 Å². The van der Waals surface area contributed by atoms with E-state index >= 15 is 0 Å². The molecule has 13 heteroatoms. The van der Waals surface area contributed by atoms with E-state index in [1.54, 1.807) is 18.2 Å². The van der Waals surface area contributed by atoms with Crippen molar-refractivity contribution in [3.05, 3.63) is 117 Å². The average Bonchev–Trinajstić information content (AvgIpc) is 3.06. The van der Waals surface area contributed by atoms with E-state index < -0.39 is 34.4 Å². The standard InChI is InChI=1S/C33H32Cl3N3O6S/c1-37-33(41)29(18-22-8-5-4-6-9-22)38(20-26-27(35)10-7-11-28(26)36)32(40)21-39(24-14-12-23(34)13-15-24)46(42,43)25-16-17-30(44-2)31(19-25)45-3/h4-17,19,29H,18,20-21H2,1-3H3,(H,37,41)/t29-/m1/s1. The van der Waals surface area contributed by atoms with E-state index in [1.807, 2.05) is 30.3 Å². The minimum Gasteiger partial charge on any atom is -0.493 e. The summed E-state index contributed by atoms with van der Waals surface area (Å²) in [6, 6.07) is 23.2. The second-order valence-corrected chi connectivity index (χ2v) is 13.2. The molecule has 4 aromatic carbocycles. The molecule has 4 aromatic rings. The fourth-order valence-electron chi connectivity index (χ4n) is 4.81. The monoisotopic (exact) mass is 703 g/mol. The van der Waals surface area contributed by atoms with Crippen LogP contribution in [0, 0.1) is 0 Å². The van der Waals surface area contributed by atoms with Crippen molar-refractivity contribution in [3.63, 3.8) is 0 Å². The zero-order chi connectivity index (χ0) is 33.4. The molecule has 0 saturated carbocycles. The summed E-state index contributed by atoms with van der Waals surface area (Å²) >= 11 is 19.2. The third-order valence-corrected chi connectivity index (χ3v) is 9.97. The Labute approximate surface area is 283 Å². The number of likely N-dealkylation sites (N-methyl/N-ethyl adjacent to an activating group) is 1. The van der Waals surface area contributed by atoms with Gasteiger partial charge in [-0.1, -0.05) is 71.2 Å². The predicted octanol–water partition coefficient (Wildman–Crippen LogP) is 6.25. The minimum atomic E-state index is -4.40. The molecule has 0 bridgehead atoms. The van der Waals surface area contributed by atoms with Crippen molar-refractivity contribution in [2.24, 2.45) is 0 Å². The molecule has 0 aliphatic carbocycles. The van der Waals surface area contributed by atoms with Crippen LogP contribution < -0.4 is 19.1 Å². The first-order chi connectivity index (χ1) is 22.0. The van der Waals surface area contributed by atoms with Crippen LogP contribution in [0.1, 0.15) is 11.1 Å². The number of hydrogen-bond donors (Lipinski definition) is 1. The molecule has 0 spiro atoms. The Kier molecular flexibility index (Phi) is 11.8. The fraction of sp³-hybridized carbons (Fsp3) is 0.212. The molecule has 2 amide bonds. The van der Waals surface area contributed by atoms with Gasteiger partial charge in [0.1, 0.15) is 12.6 Å². The largest absolute Gasteiger partial charge is 0.493 e. The van der Waals surface area contributed by atoms with Gasteiger partial charge in [0.15, 0.2) is 11.5 Å². The lowest BCUT2D eigenvalue weighted by Crippen LogP contribution is -2.53. The number of carbonyl (C=O) groups is 2. The highest BCUT2D eigenvalue weighted by Gasteiger charge is 2.35. The smallest absolute Gasteiger partial charge is 0.264 e. The number of amides is 2. The molecule has 0 unspecified atom stereocenters. The molecule has 0 aliphatic heterocycles. The van der Waals surface area contributed by atoms with Gasteiger partial charge in [-0.05, 0) is 54.1 Å². The molecule has 9 nitrogen and oxygen atoms in total. The molecule has 1 N–H and O–H groups in total. The van der Waals surface area contributed by atoms with Crippen molar-refractivity contribution in [2.45, 2.75) is 23.9 Å². The SMILES string of the molecule is CNC(=O)[C@@H](Cc1ccccc1)N(Cc1c(Cl)cccc1Cl)C(=O)CN(c1ccc(Cl)cc1)S(=O)(=O)c1ccc(OC)c(OC)c1. The number of rotatable bonds is 13. The Balaban J connectivity index is 1.84. The fourth-order valence-corrected chi connectivity index (χ4v) is 6.89. The number of ether oxygens (including phenoxy) is 2. The number of anilines is 1. The van der Waals surface area contributed by atoms with Crippen molar-refractivity contribution in [1.29, 1.82) is 0 Å². The highest BCUT2D eigenvalue weighted by atomic mass is 35.5. The first-order valence-electron chi connectivity index (χ1n) is 14.0. The summed E-state index contributed by atoms with van der Waals surface area (Å²) in [4.78, 5) is 29.0. The molecular weight excluding hydrogens is 673 g/mol. The average molecular weight is 705 g/mol. The number of methoxy groups -OCH3 is 2. The van der Waals surface area contributed by atoms with Gasteiger partial charge in [-0.15, -0.1) is 0 Å². The summed E-state index contributed by atoms with van der Waals surface area (Å²) < 4.78 is 40.1. The molecule has 1 atom stereocenters. The van der Waals surface area contributed by atoms with Crippen LogP contribution in [0.15, 0.2) is 95.9 Å². The summed E-state index contributed by atoms with van der Waals surface area (Å²) in [5, 5.41) is 3.58. The molecule has 0 fully saturated rings. The Bertz CT molecular complexity index is 1770. The first-order valence-corrected chi connectivity index (χ1v) is 16.6. The number of nitrogens with zero attached hydrogens (tertiary/aromatic N) is 2. The van der Waals surface area contributed by atoms with E-state index in [4.69, 9.17) is 44.3 Å². The lowest BCUT2D eigenvalue weighted by atomic mass is 10.0. The van der Waals surface area contributed by atoms with E-state index in [9.17, 15) is 18.0 Å². The molecule has 0 radical (unpaired) electrons. The maximum Gasteiger partial charge on any atom is 0.264 e. The Morgan fingerprint density at radius 2 is 1.46 bits per heavy atom. The van der Waals surface area contributed by atoms with Crippen LogP contribution in [0.25, 0.3) is 0 Å². The van der Waals surface area contributed by atoms with Crippen molar-refractivity contribution in [1.82, 2.24) is 10.2 Å². The molecule has 0 aromatic heterocycles. The van der Waals surface area contributed by atoms with E-state index in [0.29, 0.717) is 16.3 Å². The van der Waals surface area contributed by atoms with Crippen LogP contribution in [-0.2, 0) is 32.6 Å². The van der Waals surface area contributed by atoms with E-state index in [0.717, 1.165) is 9.87 Å². The normalized spacial score (nSPS) is 11.8. The van der Waals surface area contributed by atoms with Crippen LogP contribution in [0.5, 0.6) is 11.5 Å². The van der Waals surface area contributed by atoms with Gasteiger partial charge in [-0.2, -0.15) is 0 Å². The molecule has 46 heavy (non-hydrogen) atoms. The minimum absolute atomic E-state index is 0.137. The number of carbonyl (C=O) groups excluding carboxylic acids is 2. The van der Waals surface area contributed by atoms with Crippen LogP contribution in [0.2, 0.25) is 15.1 Å². The van der Waals surface area contributed by atoms with Gasteiger partial charge >= 0.3 is 0 Å². The third kappa shape index (κ3) is 8.06. The quantitative estimate of drug-likeness (QED) is 0.177. The number of benzene rings is 4. The number of nitrogens with one attached hydrogen (secondary N) is 1. The first kappa shape index (κ1) is 34.9. The summed E-state index contributed by atoms with van der Waals surface area (Å²) in [5.41, 5.74) is 1.36. The van der Waals surface area contributed by atoms with Crippen LogP contribution >= 0.6 is 34.8 Å². The van der Waals surface area contributed by atoms with Crippen molar-refractivity contribution < 1.29 is 27.5 Å². The van der Waals surface area contributed by atoms with E-state index in [1.165, 1.54) is 68.6 Å². The lowest BCUT2D eigenvalue weighted by Gasteiger charge is -2.34. The predicted molar refractivity (Wildman–Crippen MR) is 181 cm³/mol. The number of halogens is 3. The summed E-state index contributed by atoms with van der Waals surface area (Å²) in [6.07, 6.45) is 0.137. The second kappa shape index (κ2) is 15.6. The topological polar surface area (TPSA) is 105 Å². The van der Waals surface area contributed by atoms with Gasteiger partial charge in [-0.25, -0.2) is 8.42 Å². The van der Waals surface area contributed by atoms with Crippen LogP contribution in [0.4, 0.5) is 5.69 Å². The highest BCUT2D eigenvalue weighted by molar-refractivity contribution is 7.92. The Hall–Kier alpha value is -3.96. The number of sulfonamides is 1. The highest BCUT2D eigenvalue weighted by Crippen LogP contribution is 2.33. The molecular formula is C33H32Cl3N3O6S. The zero-order valence-electron chi connectivity index (χ0n) is 25.2. The molecule has 242 valence electrons. The van der Waals surface area contributed by atoms with Gasteiger partial charge in [-0.3, -0.25) is 13.9 Å². The zero-order valence-corrected chi connectivity index (χ0v) is 28.3. The van der Waals surface area contributed by atoms with E-state index in [-0.39, 0.29) is 39.3 Å². The molecule has 0 saturated heterocycles. The molecule has 0 aliphatic rings. The summed E-state index contributed by atoms with van der Waals surface area (Å²) in [5.74, 6) is -0.628. The van der Waals surface area contributed by atoms with Gasteiger partial charge in [0, 0.05) is 46.7 Å². The maximum absolute atomic E-state index is 14.5. The van der Waals surface area contributed by atoms with Crippen molar-refractivity contribution >= 4 is 62.3 Å². The molecule has 4 rings (SSSR count).